The Morgan fingerprint density at radius 1 is 1.23 bits per heavy atom. The maximum atomic E-state index is 5.56. The van der Waals surface area contributed by atoms with Gasteiger partial charge in [-0.25, -0.2) is 9.48 Å². The lowest BCUT2D eigenvalue weighted by Gasteiger charge is -2.10. The highest BCUT2D eigenvalue weighted by atomic mass is 16.7. The molecular formula is C9H16N3O+. The molecule has 0 radical (unpaired) electrons. The summed E-state index contributed by atoms with van der Waals surface area (Å²) >= 11 is 0. The van der Waals surface area contributed by atoms with E-state index in [4.69, 9.17) is 4.84 Å². The van der Waals surface area contributed by atoms with E-state index in [-0.39, 0.29) is 0 Å². The second kappa shape index (κ2) is 3.98. The molecule has 1 rings (SSSR count). The van der Waals surface area contributed by atoms with Crippen LogP contribution in [0, 0.1) is 0 Å². The fourth-order valence-corrected chi connectivity index (χ4v) is 1.04. The maximum absolute atomic E-state index is 5.56. The minimum atomic E-state index is 0.788. The summed E-state index contributed by atoms with van der Waals surface area (Å²) in [5.74, 6) is 0. The van der Waals surface area contributed by atoms with Crippen LogP contribution in [0.3, 0.4) is 0 Å². The van der Waals surface area contributed by atoms with E-state index in [9.17, 15) is 0 Å². The first kappa shape index (κ1) is 9.64. The molecule has 4 nitrogen and oxygen atoms in total. The summed E-state index contributed by atoms with van der Waals surface area (Å²) in [4.78, 5) is 7.48. The van der Waals surface area contributed by atoms with E-state index in [2.05, 4.69) is 0 Å². The van der Waals surface area contributed by atoms with Gasteiger partial charge >= 0.3 is 6.02 Å². The summed E-state index contributed by atoms with van der Waals surface area (Å²) in [6.45, 7) is 0. The molecule has 0 bridgehead atoms. The first-order valence-corrected chi connectivity index (χ1v) is 4.14. The molecule has 0 N–H and O–H groups in total. The highest BCUT2D eigenvalue weighted by Crippen LogP contribution is 1.88. The Labute approximate surface area is 78.6 Å². The third kappa shape index (κ3) is 2.50. The number of hydrogen-bond acceptors (Lipinski definition) is 1. The van der Waals surface area contributed by atoms with Crippen molar-refractivity contribution in [1.82, 2.24) is 9.63 Å². The molecule has 0 amide bonds. The largest absolute Gasteiger partial charge is 0.470 e. The Morgan fingerprint density at radius 3 is 2.15 bits per heavy atom. The molecule has 0 aliphatic carbocycles. The van der Waals surface area contributed by atoms with E-state index in [1.54, 1.807) is 4.73 Å². The number of aromatic nitrogens is 1. The van der Waals surface area contributed by atoms with Crippen molar-refractivity contribution in [2.75, 3.05) is 28.2 Å². The fourth-order valence-electron chi connectivity index (χ4n) is 1.04. The van der Waals surface area contributed by atoms with Gasteiger partial charge in [0, 0.05) is 12.4 Å². The van der Waals surface area contributed by atoms with Gasteiger partial charge in [-0.15, -0.1) is 0 Å². The number of nitrogens with zero attached hydrogens (tertiary/aromatic N) is 3. The molecule has 1 aromatic rings. The Balaban J connectivity index is 2.76. The van der Waals surface area contributed by atoms with Crippen LogP contribution in [0.1, 0.15) is 0 Å². The summed E-state index contributed by atoms with van der Waals surface area (Å²) in [6, 6.07) is 4.63. The molecule has 0 unspecified atom stereocenters. The quantitative estimate of drug-likeness (QED) is 0.349. The minimum absolute atomic E-state index is 0.788. The molecular weight excluding hydrogens is 166 g/mol. The molecule has 0 aliphatic rings. The lowest BCUT2D eigenvalue weighted by Crippen LogP contribution is -2.38. The zero-order valence-corrected chi connectivity index (χ0v) is 8.56. The Morgan fingerprint density at radius 2 is 1.77 bits per heavy atom. The summed E-state index contributed by atoms with van der Waals surface area (Å²) in [6.07, 6.45) is 3.71. The normalized spacial score (nSPS) is 9.54. The van der Waals surface area contributed by atoms with Crippen molar-refractivity contribution in [2.45, 2.75) is 0 Å². The zero-order valence-electron chi connectivity index (χ0n) is 8.56. The van der Waals surface area contributed by atoms with Crippen LogP contribution in [0.25, 0.3) is 0 Å². The molecule has 0 saturated heterocycles. The van der Waals surface area contributed by atoms with Gasteiger partial charge in [-0.1, -0.05) is 0 Å². The lowest BCUT2D eigenvalue weighted by atomic mass is 10.7. The molecule has 0 fully saturated rings. The smallest absolute Gasteiger partial charge is 0.299 e. The van der Waals surface area contributed by atoms with Crippen molar-refractivity contribution in [2.24, 2.45) is 0 Å². The molecule has 72 valence electrons. The van der Waals surface area contributed by atoms with Gasteiger partial charge in [0.25, 0.3) is 0 Å². The van der Waals surface area contributed by atoms with Crippen LogP contribution in [-0.2, 0) is 0 Å². The second-order valence-electron chi connectivity index (χ2n) is 3.21. The van der Waals surface area contributed by atoms with Crippen molar-refractivity contribution in [3.8, 4) is 0 Å². The Hall–Kier alpha value is -1.45. The highest BCUT2D eigenvalue weighted by molar-refractivity contribution is 5.67. The molecule has 0 saturated carbocycles. The van der Waals surface area contributed by atoms with E-state index in [1.807, 2.05) is 62.2 Å². The lowest BCUT2D eigenvalue weighted by molar-refractivity contribution is -0.480. The van der Waals surface area contributed by atoms with Gasteiger partial charge < -0.3 is 0 Å². The summed E-state index contributed by atoms with van der Waals surface area (Å²) < 4.78 is 3.58. The second-order valence-corrected chi connectivity index (χ2v) is 3.21. The van der Waals surface area contributed by atoms with E-state index in [0.29, 0.717) is 0 Å². The van der Waals surface area contributed by atoms with Gasteiger partial charge in [0.05, 0.1) is 28.2 Å². The van der Waals surface area contributed by atoms with Crippen LogP contribution in [-0.4, -0.2) is 48.4 Å². The predicted molar refractivity (Wildman–Crippen MR) is 51.8 cm³/mol. The summed E-state index contributed by atoms with van der Waals surface area (Å²) in [5.41, 5.74) is 0. The van der Waals surface area contributed by atoms with Crippen LogP contribution in [0.2, 0.25) is 0 Å². The van der Waals surface area contributed by atoms with E-state index in [1.165, 1.54) is 0 Å². The van der Waals surface area contributed by atoms with Crippen molar-refractivity contribution < 1.29 is 9.41 Å². The van der Waals surface area contributed by atoms with E-state index < -0.39 is 0 Å². The number of amidine groups is 1. The minimum Gasteiger partial charge on any atom is -0.299 e. The van der Waals surface area contributed by atoms with Crippen molar-refractivity contribution in [3.63, 3.8) is 0 Å². The summed E-state index contributed by atoms with van der Waals surface area (Å²) in [7, 11) is 7.77. The topological polar surface area (TPSA) is 20.4 Å². The maximum Gasteiger partial charge on any atom is 0.470 e. The Kier molecular flexibility index (Phi) is 2.95. The first-order valence-electron chi connectivity index (χ1n) is 4.14. The third-order valence-electron chi connectivity index (χ3n) is 1.53. The van der Waals surface area contributed by atoms with Gasteiger partial charge in [0.15, 0.2) is 0 Å². The van der Waals surface area contributed by atoms with Crippen LogP contribution in [0.15, 0.2) is 24.5 Å². The molecule has 13 heavy (non-hydrogen) atoms. The molecule has 4 heteroatoms. The number of hydrogen-bond donors (Lipinski definition) is 0. The first-order chi connectivity index (χ1) is 6.11. The Bertz CT molecular complexity index is 284. The molecule has 1 aromatic heterocycles. The summed E-state index contributed by atoms with van der Waals surface area (Å²) in [5, 5.41) is 0. The van der Waals surface area contributed by atoms with E-state index >= 15 is 0 Å². The molecule has 0 aromatic carbocycles. The average molecular weight is 182 g/mol. The molecule has 0 spiro atoms. The molecule has 0 atom stereocenters. The van der Waals surface area contributed by atoms with Crippen LogP contribution >= 0.6 is 0 Å². The molecule has 0 aliphatic heterocycles. The van der Waals surface area contributed by atoms with Crippen molar-refractivity contribution in [1.29, 1.82) is 0 Å². The standard InChI is InChI=1S/C9H16N3O/c1-10(2)9(11(3)4)13-12-7-5-6-8-12/h5-8H,1-4H3/q+1. The third-order valence-corrected chi connectivity index (χ3v) is 1.53. The van der Waals surface area contributed by atoms with Crippen LogP contribution in [0.5, 0.6) is 0 Å². The monoisotopic (exact) mass is 182 g/mol. The number of rotatable bonds is 1. The van der Waals surface area contributed by atoms with Gasteiger partial charge in [-0.3, -0.25) is 4.84 Å². The highest BCUT2D eigenvalue weighted by Gasteiger charge is 2.13. The average Bonchev–Trinajstić information content (AvgIpc) is 2.50. The van der Waals surface area contributed by atoms with Crippen molar-refractivity contribution >= 4 is 6.02 Å². The fraction of sp³-hybridized carbons (Fsp3) is 0.444. The van der Waals surface area contributed by atoms with Crippen LogP contribution in [0.4, 0.5) is 0 Å². The van der Waals surface area contributed by atoms with Crippen molar-refractivity contribution in [3.05, 3.63) is 24.5 Å². The van der Waals surface area contributed by atoms with E-state index in [0.717, 1.165) is 6.02 Å². The predicted octanol–water partition coefficient (Wildman–Crippen LogP) is 0.106. The van der Waals surface area contributed by atoms with Gasteiger partial charge in [-0.2, -0.15) is 4.73 Å². The SMILES string of the molecule is CN(C)C(On1cccc1)=[N+](C)C. The zero-order chi connectivity index (χ0) is 9.84. The molecule has 1 heterocycles. The van der Waals surface area contributed by atoms with Gasteiger partial charge in [0.1, 0.15) is 0 Å². The van der Waals surface area contributed by atoms with Gasteiger partial charge in [0.2, 0.25) is 0 Å². The van der Waals surface area contributed by atoms with Gasteiger partial charge in [-0.05, 0) is 12.1 Å². The van der Waals surface area contributed by atoms with Crippen LogP contribution < -0.4 is 4.84 Å².